The summed E-state index contributed by atoms with van der Waals surface area (Å²) in [4.78, 5) is 0.178. The summed E-state index contributed by atoms with van der Waals surface area (Å²) >= 11 is 0. The summed E-state index contributed by atoms with van der Waals surface area (Å²) in [6.45, 7) is 1.49. The third-order valence-electron chi connectivity index (χ3n) is 5.39. The zero-order chi connectivity index (χ0) is 18.2. The Labute approximate surface area is 153 Å². The monoisotopic (exact) mass is 368 g/mol. The molecule has 2 aliphatic heterocycles. The average Bonchev–Trinajstić information content (AvgIpc) is 2.69. The molecule has 0 atom stereocenters. The Morgan fingerprint density at radius 1 is 1.08 bits per heavy atom. The average molecular weight is 368 g/mol. The van der Waals surface area contributed by atoms with Crippen LogP contribution in [0.25, 0.3) is 0 Å². The zero-order valence-electron chi connectivity index (χ0n) is 14.4. The highest BCUT2D eigenvalue weighted by atomic mass is 32.2. The molecule has 0 unspecified atom stereocenters. The topological polar surface area (TPSA) is 70.4 Å². The molecule has 2 aromatic carbocycles. The molecular weight excluding hydrogens is 348 g/mol. The van der Waals surface area contributed by atoms with Crippen molar-refractivity contribution in [1.29, 1.82) is 5.26 Å². The van der Waals surface area contributed by atoms with Crippen LogP contribution < -0.4 is 0 Å². The number of fused-ring (bicyclic) bond motifs is 2. The fourth-order valence-corrected chi connectivity index (χ4v) is 5.48. The Balaban J connectivity index is 1.58. The van der Waals surface area contributed by atoms with Crippen LogP contribution in [-0.4, -0.2) is 32.4 Å². The van der Waals surface area contributed by atoms with Crippen molar-refractivity contribution in [3.05, 3.63) is 65.2 Å². The summed E-state index contributed by atoms with van der Waals surface area (Å²) < 4.78 is 33.6. The van der Waals surface area contributed by atoms with E-state index in [2.05, 4.69) is 12.1 Å². The Bertz CT molecular complexity index is 971. The van der Waals surface area contributed by atoms with Crippen molar-refractivity contribution >= 4 is 10.0 Å². The number of nitrogens with zero attached hydrogens (tertiary/aromatic N) is 2. The minimum Gasteiger partial charge on any atom is -0.370 e. The number of sulfonamides is 1. The molecular formula is C20H20N2O3S. The fourth-order valence-electron chi connectivity index (χ4n) is 3.99. The molecule has 0 aromatic heterocycles. The minimum absolute atomic E-state index is 0.178. The molecule has 0 bridgehead atoms. The van der Waals surface area contributed by atoms with Gasteiger partial charge < -0.3 is 4.74 Å². The van der Waals surface area contributed by atoms with Crippen LogP contribution in [0.3, 0.4) is 0 Å². The van der Waals surface area contributed by atoms with Crippen molar-refractivity contribution in [1.82, 2.24) is 4.31 Å². The Morgan fingerprint density at radius 3 is 2.62 bits per heavy atom. The minimum atomic E-state index is -3.60. The van der Waals surface area contributed by atoms with Crippen molar-refractivity contribution in [2.24, 2.45) is 0 Å². The molecule has 0 aliphatic carbocycles. The van der Waals surface area contributed by atoms with Gasteiger partial charge in [-0.05, 0) is 48.6 Å². The van der Waals surface area contributed by atoms with Gasteiger partial charge in [-0.2, -0.15) is 9.57 Å². The first kappa shape index (κ1) is 17.2. The lowest BCUT2D eigenvalue weighted by Gasteiger charge is -2.44. The van der Waals surface area contributed by atoms with Gasteiger partial charge in [0.15, 0.2) is 0 Å². The second-order valence-electron chi connectivity index (χ2n) is 6.79. The molecule has 5 nitrogen and oxygen atoms in total. The third-order valence-corrected chi connectivity index (χ3v) is 7.28. The maximum atomic E-state index is 12.9. The van der Waals surface area contributed by atoms with E-state index in [1.165, 1.54) is 21.5 Å². The number of hydrogen-bond donors (Lipinski definition) is 0. The molecule has 0 saturated carbocycles. The molecule has 26 heavy (non-hydrogen) atoms. The molecule has 6 heteroatoms. The number of nitriles is 1. The van der Waals surface area contributed by atoms with E-state index in [-0.39, 0.29) is 10.5 Å². The van der Waals surface area contributed by atoms with E-state index in [4.69, 9.17) is 10.00 Å². The maximum Gasteiger partial charge on any atom is 0.243 e. The Kier molecular flexibility index (Phi) is 4.31. The van der Waals surface area contributed by atoms with Gasteiger partial charge in [-0.15, -0.1) is 0 Å². The van der Waals surface area contributed by atoms with E-state index in [1.54, 1.807) is 18.2 Å². The second kappa shape index (κ2) is 6.51. The molecule has 4 rings (SSSR count). The SMILES string of the molecule is N#Cc1cccc(S(=O)(=O)N2CCC3(CC2)OCCc2ccccc23)c1. The standard InChI is InChI=1S/C20H20N2O3S/c21-15-16-4-3-6-18(14-16)26(23,24)22-11-9-20(10-12-22)19-7-2-1-5-17(19)8-13-25-20/h1-7,14H,8-13H2. The summed E-state index contributed by atoms with van der Waals surface area (Å²) in [5, 5.41) is 9.02. The number of hydrogen-bond acceptors (Lipinski definition) is 4. The largest absolute Gasteiger partial charge is 0.370 e. The van der Waals surface area contributed by atoms with E-state index in [0.717, 1.165) is 6.42 Å². The number of ether oxygens (including phenoxy) is 1. The quantitative estimate of drug-likeness (QED) is 0.817. The lowest BCUT2D eigenvalue weighted by atomic mass is 9.80. The van der Waals surface area contributed by atoms with E-state index < -0.39 is 10.0 Å². The summed E-state index contributed by atoms with van der Waals surface area (Å²) in [5.74, 6) is 0. The van der Waals surface area contributed by atoms with Crippen LogP contribution in [0.4, 0.5) is 0 Å². The molecule has 0 amide bonds. The molecule has 1 spiro atoms. The Morgan fingerprint density at radius 2 is 1.85 bits per heavy atom. The van der Waals surface area contributed by atoms with E-state index >= 15 is 0 Å². The highest BCUT2D eigenvalue weighted by Crippen LogP contribution is 2.42. The number of benzene rings is 2. The van der Waals surface area contributed by atoms with Crippen molar-refractivity contribution in [3.8, 4) is 6.07 Å². The highest BCUT2D eigenvalue weighted by Gasteiger charge is 2.43. The predicted molar refractivity (Wildman–Crippen MR) is 96.9 cm³/mol. The Hall–Kier alpha value is -2.20. The molecule has 2 aliphatic rings. The fraction of sp³-hybridized carbons (Fsp3) is 0.350. The molecule has 1 fully saturated rings. The van der Waals surface area contributed by atoms with Crippen molar-refractivity contribution in [2.75, 3.05) is 19.7 Å². The van der Waals surface area contributed by atoms with E-state index in [0.29, 0.717) is 38.1 Å². The highest BCUT2D eigenvalue weighted by molar-refractivity contribution is 7.89. The van der Waals surface area contributed by atoms with Crippen LogP contribution in [0.15, 0.2) is 53.4 Å². The van der Waals surface area contributed by atoms with Crippen LogP contribution in [0, 0.1) is 11.3 Å². The summed E-state index contributed by atoms with van der Waals surface area (Å²) in [6, 6.07) is 16.5. The number of piperidine rings is 1. The predicted octanol–water partition coefficient (Wildman–Crippen LogP) is 2.81. The summed E-state index contributed by atoms with van der Waals surface area (Å²) in [5.41, 5.74) is 2.48. The van der Waals surface area contributed by atoms with Crippen LogP contribution >= 0.6 is 0 Å². The normalized spacial score (nSPS) is 19.7. The number of rotatable bonds is 2. The molecule has 2 aromatic rings. The van der Waals surface area contributed by atoms with E-state index in [9.17, 15) is 8.42 Å². The van der Waals surface area contributed by atoms with Crippen LogP contribution in [0.5, 0.6) is 0 Å². The maximum absolute atomic E-state index is 12.9. The van der Waals surface area contributed by atoms with Crippen molar-refractivity contribution in [3.63, 3.8) is 0 Å². The van der Waals surface area contributed by atoms with Gasteiger partial charge in [0, 0.05) is 13.1 Å². The van der Waals surface area contributed by atoms with Gasteiger partial charge in [-0.1, -0.05) is 30.3 Å². The third kappa shape index (κ3) is 2.82. The van der Waals surface area contributed by atoms with Gasteiger partial charge in [0.25, 0.3) is 0 Å². The smallest absolute Gasteiger partial charge is 0.243 e. The van der Waals surface area contributed by atoms with Gasteiger partial charge in [0.1, 0.15) is 0 Å². The second-order valence-corrected chi connectivity index (χ2v) is 8.73. The van der Waals surface area contributed by atoms with Gasteiger partial charge in [0.2, 0.25) is 10.0 Å². The summed E-state index contributed by atoms with van der Waals surface area (Å²) in [7, 11) is -3.60. The van der Waals surface area contributed by atoms with Crippen LogP contribution in [-0.2, 0) is 26.8 Å². The lowest BCUT2D eigenvalue weighted by molar-refractivity contribution is -0.0891. The first-order valence-electron chi connectivity index (χ1n) is 8.78. The van der Waals surface area contributed by atoms with Gasteiger partial charge in [-0.3, -0.25) is 0 Å². The molecule has 0 N–H and O–H groups in total. The van der Waals surface area contributed by atoms with Crippen LogP contribution in [0.2, 0.25) is 0 Å². The summed E-state index contributed by atoms with van der Waals surface area (Å²) in [6.07, 6.45) is 2.18. The molecule has 134 valence electrons. The van der Waals surface area contributed by atoms with Gasteiger partial charge in [-0.25, -0.2) is 8.42 Å². The first-order chi connectivity index (χ1) is 12.5. The molecule has 2 heterocycles. The van der Waals surface area contributed by atoms with Gasteiger partial charge in [0.05, 0.1) is 28.7 Å². The lowest BCUT2D eigenvalue weighted by Crippen LogP contribution is -2.48. The zero-order valence-corrected chi connectivity index (χ0v) is 15.2. The first-order valence-corrected chi connectivity index (χ1v) is 10.2. The van der Waals surface area contributed by atoms with Crippen LogP contribution in [0.1, 0.15) is 29.5 Å². The van der Waals surface area contributed by atoms with E-state index in [1.807, 2.05) is 18.2 Å². The van der Waals surface area contributed by atoms with Crippen molar-refractivity contribution < 1.29 is 13.2 Å². The van der Waals surface area contributed by atoms with Crippen molar-refractivity contribution in [2.45, 2.75) is 29.8 Å². The molecule has 1 saturated heterocycles. The molecule has 0 radical (unpaired) electrons. The van der Waals surface area contributed by atoms with Gasteiger partial charge >= 0.3 is 0 Å².